The molecule has 0 aromatic carbocycles. The third kappa shape index (κ3) is 3.36. The molecule has 20 heavy (non-hydrogen) atoms. The molecule has 3 atom stereocenters. The number of thioether (sulfide) groups is 1. The van der Waals surface area contributed by atoms with Gasteiger partial charge < -0.3 is 10.6 Å². The van der Waals surface area contributed by atoms with Crippen molar-refractivity contribution < 1.29 is 0 Å². The molecule has 3 heteroatoms. The summed E-state index contributed by atoms with van der Waals surface area (Å²) in [4.78, 5) is 0. The van der Waals surface area contributed by atoms with Crippen LogP contribution in [0.15, 0.2) is 0 Å². The third-order valence-corrected chi connectivity index (χ3v) is 7.49. The minimum Gasteiger partial charge on any atom is -0.314 e. The first kappa shape index (κ1) is 15.2. The lowest BCUT2D eigenvalue weighted by atomic mass is 9.76. The van der Waals surface area contributed by atoms with Crippen molar-refractivity contribution in [2.24, 2.45) is 5.92 Å². The summed E-state index contributed by atoms with van der Waals surface area (Å²) in [7, 11) is 0. The molecule has 0 bridgehead atoms. The van der Waals surface area contributed by atoms with Gasteiger partial charge in [-0.1, -0.05) is 25.7 Å². The minimum atomic E-state index is 0.585. The monoisotopic (exact) mass is 296 g/mol. The van der Waals surface area contributed by atoms with Gasteiger partial charge in [0.05, 0.1) is 0 Å². The Morgan fingerprint density at radius 3 is 2.50 bits per heavy atom. The van der Waals surface area contributed by atoms with Gasteiger partial charge in [-0.15, -0.1) is 0 Å². The fourth-order valence-corrected chi connectivity index (χ4v) is 5.40. The van der Waals surface area contributed by atoms with E-state index in [1.54, 1.807) is 0 Å². The third-order valence-electron chi connectivity index (χ3n) is 6.07. The van der Waals surface area contributed by atoms with E-state index >= 15 is 0 Å². The van der Waals surface area contributed by atoms with E-state index in [-0.39, 0.29) is 0 Å². The van der Waals surface area contributed by atoms with Crippen LogP contribution in [0.1, 0.15) is 64.2 Å². The summed E-state index contributed by atoms with van der Waals surface area (Å²) in [5, 5.41) is 7.81. The first-order valence-corrected chi connectivity index (χ1v) is 10.1. The maximum absolute atomic E-state index is 4.00. The molecule has 2 saturated carbocycles. The molecule has 0 spiro atoms. The number of piperidine rings is 1. The molecule has 1 heterocycles. The summed E-state index contributed by atoms with van der Waals surface area (Å²) in [6, 6.07) is 1.58. The lowest BCUT2D eigenvalue weighted by Gasteiger charge is -2.45. The van der Waals surface area contributed by atoms with Crippen molar-refractivity contribution in [1.29, 1.82) is 0 Å². The van der Waals surface area contributed by atoms with Crippen LogP contribution in [0.5, 0.6) is 0 Å². The highest BCUT2D eigenvalue weighted by Gasteiger charge is 2.38. The predicted molar refractivity (Wildman–Crippen MR) is 89.5 cm³/mol. The predicted octanol–water partition coefficient (Wildman–Crippen LogP) is 3.56. The van der Waals surface area contributed by atoms with E-state index in [4.69, 9.17) is 0 Å². The smallest absolute Gasteiger partial charge is 0.0281 e. The molecule has 1 saturated heterocycles. The van der Waals surface area contributed by atoms with Crippen molar-refractivity contribution in [3.05, 3.63) is 0 Å². The molecule has 0 radical (unpaired) electrons. The highest BCUT2D eigenvalue weighted by molar-refractivity contribution is 8.00. The maximum Gasteiger partial charge on any atom is 0.0281 e. The summed E-state index contributed by atoms with van der Waals surface area (Å²) >= 11 is 2.11. The fraction of sp³-hybridized carbons (Fsp3) is 1.00. The Hall–Kier alpha value is 0.270. The Balaban J connectivity index is 1.54. The second-order valence-electron chi connectivity index (χ2n) is 7.23. The van der Waals surface area contributed by atoms with Gasteiger partial charge in [-0.3, -0.25) is 0 Å². The van der Waals surface area contributed by atoms with Gasteiger partial charge in [-0.05, 0) is 57.2 Å². The molecule has 2 nitrogen and oxygen atoms in total. The quantitative estimate of drug-likeness (QED) is 0.811. The molecule has 0 aromatic rings. The molecular formula is C17H32N2S. The van der Waals surface area contributed by atoms with Gasteiger partial charge in [0, 0.05) is 23.4 Å². The largest absolute Gasteiger partial charge is 0.314 e. The number of rotatable bonds is 5. The van der Waals surface area contributed by atoms with E-state index in [1.807, 2.05) is 0 Å². The molecule has 3 fully saturated rings. The summed E-state index contributed by atoms with van der Waals surface area (Å²) in [6.07, 6.45) is 16.6. The highest BCUT2D eigenvalue weighted by atomic mass is 32.2. The van der Waals surface area contributed by atoms with Crippen molar-refractivity contribution in [2.75, 3.05) is 19.3 Å². The average Bonchev–Trinajstić information content (AvgIpc) is 2.48. The van der Waals surface area contributed by atoms with Gasteiger partial charge in [0.2, 0.25) is 0 Å². The molecule has 3 rings (SSSR count). The zero-order valence-electron chi connectivity index (χ0n) is 13.1. The van der Waals surface area contributed by atoms with Gasteiger partial charge >= 0.3 is 0 Å². The minimum absolute atomic E-state index is 0.585. The molecule has 2 N–H and O–H groups in total. The summed E-state index contributed by atoms with van der Waals surface area (Å²) < 4.78 is 0.585. The topological polar surface area (TPSA) is 24.1 Å². The van der Waals surface area contributed by atoms with Crippen molar-refractivity contribution >= 4 is 11.8 Å². The normalized spacial score (nSPS) is 37.4. The van der Waals surface area contributed by atoms with E-state index in [0.29, 0.717) is 4.75 Å². The van der Waals surface area contributed by atoms with Crippen molar-refractivity contribution in [2.45, 2.75) is 81.0 Å². The van der Waals surface area contributed by atoms with Crippen LogP contribution < -0.4 is 10.6 Å². The Morgan fingerprint density at radius 1 is 1.05 bits per heavy atom. The van der Waals surface area contributed by atoms with Gasteiger partial charge in [-0.2, -0.15) is 11.8 Å². The Morgan fingerprint density at radius 2 is 1.85 bits per heavy atom. The average molecular weight is 297 g/mol. The van der Waals surface area contributed by atoms with Crippen LogP contribution in [0.2, 0.25) is 0 Å². The lowest BCUT2D eigenvalue weighted by molar-refractivity contribution is 0.174. The molecular weight excluding hydrogens is 264 g/mol. The first-order chi connectivity index (χ1) is 9.83. The Kier molecular flexibility index (Phi) is 5.33. The van der Waals surface area contributed by atoms with Crippen LogP contribution in [0.4, 0.5) is 0 Å². The van der Waals surface area contributed by atoms with E-state index in [1.165, 1.54) is 77.3 Å². The fourth-order valence-electron chi connectivity index (χ4n) is 4.48. The zero-order chi connectivity index (χ0) is 13.8. The van der Waals surface area contributed by atoms with Crippen molar-refractivity contribution in [1.82, 2.24) is 10.6 Å². The van der Waals surface area contributed by atoms with Crippen molar-refractivity contribution in [3.8, 4) is 0 Å². The first-order valence-electron chi connectivity index (χ1n) is 8.85. The molecule has 1 aliphatic heterocycles. The van der Waals surface area contributed by atoms with Gasteiger partial charge in [0.1, 0.15) is 0 Å². The standard InChI is InChI=1S/C17H32N2S/c1-20-17(10-6-11-17)13-19-16-8-3-2-7-14(16)15-9-4-5-12-18-15/h14-16,18-19H,2-13H2,1H3. The number of hydrogen-bond donors (Lipinski definition) is 2. The number of nitrogens with one attached hydrogen (secondary N) is 2. The molecule has 0 aromatic heterocycles. The summed E-state index contributed by atoms with van der Waals surface area (Å²) in [6.45, 7) is 2.50. The number of hydrogen-bond acceptors (Lipinski definition) is 3. The van der Waals surface area contributed by atoms with Gasteiger partial charge in [-0.25, -0.2) is 0 Å². The molecule has 116 valence electrons. The molecule has 3 unspecified atom stereocenters. The van der Waals surface area contributed by atoms with Crippen LogP contribution in [0.25, 0.3) is 0 Å². The molecule has 2 aliphatic carbocycles. The van der Waals surface area contributed by atoms with Crippen LogP contribution >= 0.6 is 11.8 Å². The van der Waals surface area contributed by atoms with Crippen LogP contribution in [0.3, 0.4) is 0 Å². The highest BCUT2D eigenvalue weighted by Crippen LogP contribution is 2.42. The second-order valence-corrected chi connectivity index (χ2v) is 8.51. The van der Waals surface area contributed by atoms with Crippen molar-refractivity contribution in [3.63, 3.8) is 0 Å². The zero-order valence-corrected chi connectivity index (χ0v) is 13.9. The van der Waals surface area contributed by atoms with Gasteiger partial charge in [0.25, 0.3) is 0 Å². The summed E-state index contributed by atoms with van der Waals surface area (Å²) in [5.41, 5.74) is 0. The van der Waals surface area contributed by atoms with E-state index in [2.05, 4.69) is 28.7 Å². The second kappa shape index (κ2) is 7.02. The van der Waals surface area contributed by atoms with Crippen LogP contribution in [-0.2, 0) is 0 Å². The molecule has 3 aliphatic rings. The Bertz CT molecular complexity index is 292. The molecule has 0 amide bonds. The maximum atomic E-state index is 4.00. The van der Waals surface area contributed by atoms with E-state index in [0.717, 1.165) is 18.0 Å². The SMILES string of the molecule is CSC1(CNC2CCCCC2C2CCCCN2)CCC1. The lowest BCUT2D eigenvalue weighted by Crippen LogP contribution is -2.54. The Labute approximate surface area is 129 Å². The summed E-state index contributed by atoms with van der Waals surface area (Å²) in [5.74, 6) is 0.892. The van der Waals surface area contributed by atoms with Crippen LogP contribution in [0, 0.1) is 5.92 Å². The van der Waals surface area contributed by atoms with E-state index in [9.17, 15) is 0 Å². The van der Waals surface area contributed by atoms with Crippen LogP contribution in [-0.4, -0.2) is 36.2 Å². The van der Waals surface area contributed by atoms with Gasteiger partial charge in [0.15, 0.2) is 0 Å². The van der Waals surface area contributed by atoms with E-state index < -0.39 is 0 Å².